The Hall–Kier alpha value is -2.67. The Bertz CT molecular complexity index is 902. The van der Waals surface area contributed by atoms with E-state index in [1.165, 1.54) is 18.2 Å². The Labute approximate surface area is 133 Å². The fourth-order valence-electron chi connectivity index (χ4n) is 2.43. The maximum Gasteiger partial charge on any atom is 0.335 e. The maximum atomic E-state index is 12.4. The molecule has 0 bridgehead atoms. The molecule has 0 saturated carbocycles. The average Bonchev–Trinajstić information content (AvgIpc) is 2.54. The fraction of sp³-hybridized carbons (Fsp3) is 0.125. The monoisotopic (exact) mass is 331 g/mol. The van der Waals surface area contributed by atoms with E-state index in [1.807, 2.05) is 24.3 Å². The van der Waals surface area contributed by atoms with Gasteiger partial charge in [0.15, 0.2) is 0 Å². The van der Waals surface area contributed by atoms with Gasteiger partial charge in [-0.2, -0.15) is 8.42 Å². The van der Waals surface area contributed by atoms with Gasteiger partial charge in [-0.25, -0.2) is 0 Å². The quantitative estimate of drug-likeness (QED) is 0.487. The summed E-state index contributed by atoms with van der Waals surface area (Å²) in [7, 11) is -3.98. The highest BCUT2D eigenvalue weighted by Gasteiger charge is 2.24. The van der Waals surface area contributed by atoms with E-state index in [0.29, 0.717) is 12.8 Å². The molecule has 23 heavy (non-hydrogen) atoms. The largest absolute Gasteiger partial charge is 0.379 e. The van der Waals surface area contributed by atoms with Gasteiger partial charge in [0.1, 0.15) is 5.75 Å². The number of rotatable bonds is 4. The topological polar surface area (TPSA) is 86.5 Å². The van der Waals surface area contributed by atoms with Gasteiger partial charge in [-0.05, 0) is 36.1 Å². The first-order valence-corrected chi connectivity index (χ1v) is 8.34. The molecule has 1 aliphatic carbocycles. The molecule has 0 aliphatic heterocycles. The van der Waals surface area contributed by atoms with Crippen molar-refractivity contribution in [3.8, 4) is 5.75 Å². The lowest BCUT2D eigenvalue weighted by molar-refractivity contribution is -0.384. The lowest BCUT2D eigenvalue weighted by Crippen LogP contribution is -2.15. The predicted octanol–water partition coefficient (Wildman–Crippen LogP) is 3.29. The van der Waals surface area contributed by atoms with Crippen LogP contribution in [0.15, 0.2) is 53.4 Å². The van der Waals surface area contributed by atoms with Crippen molar-refractivity contribution in [2.75, 3.05) is 0 Å². The van der Waals surface area contributed by atoms with Crippen LogP contribution in [0.4, 0.5) is 5.69 Å². The van der Waals surface area contributed by atoms with Crippen LogP contribution in [0.3, 0.4) is 0 Å². The van der Waals surface area contributed by atoms with Gasteiger partial charge >= 0.3 is 10.1 Å². The molecule has 2 aromatic rings. The Morgan fingerprint density at radius 1 is 1.04 bits per heavy atom. The number of non-ortho nitro benzene ring substituents is 1. The van der Waals surface area contributed by atoms with E-state index in [1.54, 1.807) is 6.08 Å². The summed E-state index contributed by atoms with van der Waals surface area (Å²) in [6.07, 6.45) is 2.54. The first kappa shape index (κ1) is 15.2. The number of aryl methyl sites for hydroxylation is 1. The smallest absolute Gasteiger partial charge is 0.335 e. The molecule has 6 nitrogen and oxygen atoms in total. The molecule has 3 rings (SSSR count). The minimum atomic E-state index is -3.98. The number of nitro benzene ring substituents is 1. The van der Waals surface area contributed by atoms with E-state index < -0.39 is 15.0 Å². The number of benzene rings is 2. The Morgan fingerprint density at radius 2 is 1.83 bits per heavy atom. The molecule has 0 N–H and O–H groups in total. The summed E-state index contributed by atoms with van der Waals surface area (Å²) in [6.45, 7) is 0. The zero-order chi connectivity index (χ0) is 16.4. The molecule has 0 radical (unpaired) electrons. The van der Waals surface area contributed by atoms with E-state index in [0.717, 1.165) is 17.2 Å². The highest BCUT2D eigenvalue weighted by Crippen LogP contribution is 2.29. The average molecular weight is 331 g/mol. The molecule has 1 aliphatic rings. The molecular weight excluding hydrogens is 318 g/mol. The lowest BCUT2D eigenvalue weighted by Gasteiger charge is -2.16. The highest BCUT2D eigenvalue weighted by atomic mass is 32.2. The van der Waals surface area contributed by atoms with Crippen LogP contribution >= 0.6 is 0 Å². The van der Waals surface area contributed by atoms with Gasteiger partial charge in [-0.15, -0.1) is 0 Å². The van der Waals surface area contributed by atoms with Gasteiger partial charge in [0.05, 0.1) is 15.9 Å². The van der Waals surface area contributed by atoms with Crippen molar-refractivity contribution in [1.82, 2.24) is 0 Å². The molecule has 0 unspecified atom stereocenters. The van der Waals surface area contributed by atoms with Gasteiger partial charge in [0, 0.05) is 6.07 Å². The van der Waals surface area contributed by atoms with Gasteiger partial charge in [-0.3, -0.25) is 10.1 Å². The second-order valence-corrected chi connectivity index (χ2v) is 6.70. The maximum absolute atomic E-state index is 12.4. The van der Waals surface area contributed by atoms with E-state index in [-0.39, 0.29) is 16.3 Å². The Balaban J connectivity index is 1.90. The molecular formula is C16H13NO5S. The van der Waals surface area contributed by atoms with Crippen molar-refractivity contribution in [1.29, 1.82) is 0 Å². The lowest BCUT2D eigenvalue weighted by atomic mass is 9.98. The van der Waals surface area contributed by atoms with Gasteiger partial charge in [-0.1, -0.05) is 30.3 Å². The number of nitrogens with zero attached hydrogens (tertiary/aromatic N) is 1. The zero-order valence-electron chi connectivity index (χ0n) is 12.0. The van der Waals surface area contributed by atoms with E-state index >= 15 is 0 Å². The molecule has 0 atom stereocenters. The van der Waals surface area contributed by atoms with Crippen molar-refractivity contribution in [3.05, 3.63) is 74.7 Å². The van der Waals surface area contributed by atoms with Crippen molar-refractivity contribution >= 4 is 21.9 Å². The second-order valence-electron chi connectivity index (χ2n) is 5.10. The predicted molar refractivity (Wildman–Crippen MR) is 85.4 cm³/mol. The Morgan fingerprint density at radius 3 is 2.61 bits per heavy atom. The van der Waals surface area contributed by atoms with Crippen molar-refractivity contribution in [2.24, 2.45) is 0 Å². The zero-order valence-corrected chi connectivity index (χ0v) is 12.8. The minimum absolute atomic E-state index is 0.0704. The van der Waals surface area contributed by atoms with Crippen LogP contribution in [0.2, 0.25) is 0 Å². The first-order chi connectivity index (χ1) is 11.0. The van der Waals surface area contributed by atoms with Gasteiger partial charge in [0.2, 0.25) is 0 Å². The molecule has 0 fully saturated rings. The summed E-state index contributed by atoms with van der Waals surface area (Å²) < 4.78 is 29.8. The summed E-state index contributed by atoms with van der Waals surface area (Å²) in [5.74, 6) is -0.0704. The van der Waals surface area contributed by atoms with Crippen LogP contribution in [0.1, 0.15) is 17.5 Å². The summed E-state index contributed by atoms with van der Waals surface area (Å²) in [5, 5.41) is 10.7. The standard InChI is InChI=1S/C16H13NO5S/c18-17(19)14-6-3-7-15(11-14)22-23(20,21)16-9-8-12-4-1-2-5-13(12)10-16/h1-7,10-11H,8-9H2. The summed E-state index contributed by atoms with van der Waals surface area (Å²) in [6, 6.07) is 12.7. The Kier molecular flexibility index (Phi) is 3.87. The van der Waals surface area contributed by atoms with Crippen molar-refractivity contribution in [3.63, 3.8) is 0 Å². The van der Waals surface area contributed by atoms with Crippen molar-refractivity contribution < 1.29 is 17.5 Å². The summed E-state index contributed by atoms with van der Waals surface area (Å²) in [5.41, 5.74) is 1.71. The van der Waals surface area contributed by atoms with Crippen molar-refractivity contribution in [2.45, 2.75) is 12.8 Å². The van der Waals surface area contributed by atoms with E-state index in [9.17, 15) is 18.5 Å². The van der Waals surface area contributed by atoms with Crippen LogP contribution in [0.25, 0.3) is 6.08 Å². The molecule has 0 saturated heterocycles. The summed E-state index contributed by atoms with van der Waals surface area (Å²) in [4.78, 5) is 10.3. The molecule has 0 spiro atoms. The number of nitro groups is 1. The number of hydrogen-bond donors (Lipinski definition) is 0. The molecule has 7 heteroatoms. The molecule has 0 heterocycles. The minimum Gasteiger partial charge on any atom is -0.379 e. The normalized spacial score (nSPS) is 13.8. The summed E-state index contributed by atoms with van der Waals surface area (Å²) >= 11 is 0. The van der Waals surface area contributed by atoms with Crippen LogP contribution in [0.5, 0.6) is 5.75 Å². The van der Waals surface area contributed by atoms with E-state index in [4.69, 9.17) is 4.18 Å². The van der Waals surface area contributed by atoms with Crippen LogP contribution in [-0.2, 0) is 16.5 Å². The SMILES string of the molecule is O=[N+]([O-])c1cccc(OS(=O)(=O)C2=Cc3ccccc3CC2)c1. The number of allylic oxidation sites excluding steroid dienone is 1. The molecule has 2 aromatic carbocycles. The third kappa shape index (κ3) is 3.24. The van der Waals surface area contributed by atoms with E-state index in [2.05, 4.69) is 0 Å². The van der Waals surface area contributed by atoms with Crippen LogP contribution in [-0.4, -0.2) is 13.3 Å². The molecule has 0 amide bonds. The molecule has 118 valence electrons. The van der Waals surface area contributed by atoms with Crippen LogP contribution < -0.4 is 4.18 Å². The number of hydrogen-bond acceptors (Lipinski definition) is 5. The third-order valence-electron chi connectivity index (χ3n) is 3.57. The number of fused-ring (bicyclic) bond motifs is 1. The third-order valence-corrected chi connectivity index (χ3v) is 4.94. The van der Waals surface area contributed by atoms with Crippen LogP contribution in [0, 0.1) is 10.1 Å². The molecule has 0 aromatic heterocycles. The van der Waals surface area contributed by atoms with Gasteiger partial charge in [0.25, 0.3) is 5.69 Å². The fourth-order valence-corrected chi connectivity index (χ4v) is 3.52. The second kappa shape index (κ2) is 5.85. The highest BCUT2D eigenvalue weighted by molar-refractivity contribution is 7.91. The first-order valence-electron chi connectivity index (χ1n) is 6.93. The van der Waals surface area contributed by atoms with Gasteiger partial charge < -0.3 is 4.18 Å².